The molecule has 1 fully saturated rings. The van der Waals surface area contributed by atoms with Crippen LogP contribution in [0.5, 0.6) is 0 Å². The normalized spacial score (nSPS) is 19.4. The van der Waals surface area contributed by atoms with Crippen molar-refractivity contribution in [2.24, 2.45) is 5.41 Å². The summed E-state index contributed by atoms with van der Waals surface area (Å²) < 4.78 is 13.3. The molecule has 0 saturated heterocycles. The van der Waals surface area contributed by atoms with Gasteiger partial charge in [0.2, 0.25) is 0 Å². The average molecular weight is 328 g/mol. The van der Waals surface area contributed by atoms with E-state index in [2.05, 4.69) is 41.7 Å². The van der Waals surface area contributed by atoms with E-state index >= 15 is 0 Å². The molecule has 1 aromatic carbocycles. The van der Waals surface area contributed by atoms with Crippen LogP contribution in [-0.4, -0.2) is 13.1 Å². The van der Waals surface area contributed by atoms with Gasteiger partial charge in [0.25, 0.3) is 0 Å². The molecule has 0 N–H and O–H groups in total. The van der Waals surface area contributed by atoms with E-state index in [1.165, 1.54) is 25.7 Å². The van der Waals surface area contributed by atoms with Gasteiger partial charge < -0.3 is 4.90 Å². The number of alkyl halides is 1. The van der Waals surface area contributed by atoms with Crippen LogP contribution < -0.4 is 4.90 Å². The van der Waals surface area contributed by atoms with E-state index < -0.39 is 0 Å². The quantitative estimate of drug-likeness (QED) is 0.696. The second kappa shape index (κ2) is 5.82. The van der Waals surface area contributed by atoms with Crippen LogP contribution in [-0.2, 0) is 5.33 Å². The van der Waals surface area contributed by atoms with Crippen LogP contribution >= 0.6 is 15.9 Å². The first-order valence-electron chi connectivity index (χ1n) is 7.00. The van der Waals surface area contributed by atoms with Gasteiger partial charge in [-0.3, -0.25) is 0 Å². The van der Waals surface area contributed by atoms with Crippen LogP contribution in [0.2, 0.25) is 0 Å². The molecule has 0 aromatic heterocycles. The van der Waals surface area contributed by atoms with E-state index in [9.17, 15) is 4.39 Å². The fraction of sp³-hybridized carbons (Fsp3) is 0.625. The zero-order valence-corrected chi connectivity index (χ0v) is 13.6. The highest BCUT2D eigenvalue weighted by molar-refractivity contribution is 9.08. The molecule has 3 heteroatoms. The number of anilines is 1. The molecule has 0 aliphatic heterocycles. The van der Waals surface area contributed by atoms with Crippen molar-refractivity contribution in [3.8, 4) is 0 Å². The fourth-order valence-electron chi connectivity index (χ4n) is 2.97. The summed E-state index contributed by atoms with van der Waals surface area (Å²) in [5.41, 5.74) is 2.67. The molecule has 0 unspecified atom stereocenters. The summed E-state index contributed by atoms with van der Waals surface area (Å²) in [4.78, 5) is 2.34. The van der Waals surface area contributed by atoms with E-state index in [1.807, 2.05) is 6.07 Å². The third-order valence-electron chi connectivity index (χ3n) is 4.42. The number of benzene rings is 1. The number of rotatable bonds is 3. The molecule has 0 heterocycles. The zero-order chi connectivity index (χ0) is 14.0. The zero-order valence-electron chi connectivity index (χ0n) is 12.0. The summed E-state index contributed by atoms with van der Waals surface area (Å²) in [6, 6.07) is 5.68. The van der Waals surface area contributed by atoms with Gasteiger partial charge in [-0.1, -0.05) is 29.8 Å². The second-order valence-electron chi connectivity index (χ2n) is 6.41. The fourth-order valence-corrected chi connectivity index (χ4v) is 3.42. The summed E-state index contributed by atoms with van der Waals surface area (Å²) in [7, 11) is 2.14. The van der Waals surface area contributed by atoms with Crippen LogP contribution in [0.4, 0.5) is 10.1 Å². The maximum atomic E-state index is 13.3. The van der Waals surface area contributed by atoms with Crippen LogP contribution in [0.15, 0.2) is 18.2 Å². The minimum absolute atomic E-state index is 0.156. The lowest BCUT2D eigenvalue weighted by atomic mass is 9.75. The van der Waals surface area contributed by atoms with Crippen molar-refractivity contribution in [1.29, 1.82) is 0 Å². The summed E-state index contributed by atoms with van der Waals surface area (Å²) >= 11 is 3.46. The molecule has 0 spiro atoms. The van der Waals surface area contributed by atoms with E-state index in [1.54, 1.807) is 12.1 Å². The summed E-state index contributed by atoms with van der Waals surface area (Å²) in [6.45, 7) is 4.70. The summed E-state index contributed by atoms with van der Waals surface area (Å²) in [5.74, 6) is -0.156. The molecule has 0 bridgehead atoms. The monoisotopic (exact) mass is 327 g/mol. The highest BCUT2D eigenvalue weighted by Crippen LogP contribution is 2.38. The van der Waals surface area contributed by atoms with Crippen molar-refractivity contribution >= 4 is 21.6 Å². The number of hydrogen-bond donors (Lipinski definition) is 0. The molecule has 1 nitrogen and oxygen atoms in total. The van der Waals surface area contributed by atoms with Crippen LogP contribution in [0, 0.1) is 11.2 Å². The molecule has 106 valence electrons. The van der Waals surface area contributed by atoms with E-state index in [4.69, 9.17) is 0 Å². The Balaban J connectivity index is 2.14. The Morgan fingerprint density at radius 2 is 1.95 bits per heavy atom. The molecule has 0 amide bonds. The van der Waals surface area contributed by atoms with E-state index in [0.717, 1.165) is 11.3 Å². The minimum atomic E-state index is -0.156. The Bertz CT molecular complexity index is 434. The number of hydrogen-bond acceptors (Lipinski definition) is 1. The maximum Gasteiger partial charge on any atom is 0.123 e. The number of halogens is 2. The van der Waals surface area contributed by atoms with Gasteiger partial charge in [0.15, 0.2) is 0 Å². The minimum Gasteiger partial charge on any atom is -0.371 e. The Kier molecular flexibility index (Phi) is 4.54. The predicted molar refractivity (Wildman–Crippen MR) is 83.5 cm³/mol. The lowest BCUT2D eigenvalue weighted by Crippen LogP contribution is -2.37. The van der Waals surface area contributed by atoms with Gasteiger partial charge >= 0.3 is 0 Å². The maximum absolute atomic E-state index is 13.3. The Hall–Kier alpha value is -0.570. The van der Waals surface area contributed by atoms with E-state index in [0.29, 0.717) is 16.8 Å². The van der Waals surface area contributed by atoms with Gasteiger partial charge in [-0.2, -0.15) is 0 Å². The van der Waals surface area contributed by atoms with Crippen molar-refractivity contribution in [1.82, 2.24) is 0 Å². The van der Waals surface area contributed by atoms with Crippen molar-refractivity contribution in [3.63, 3.8) is 0 Å². The highest BCUT2D eigenvalue weighted by Gasteiger charge is 2.29. The van der Waals surface area contributed by atoms with E-state index in [-0.39, 0.29) is 5.82 Å². The summed E-state index contributed by atoms with van der Waals surface area (Å²) in [6.07, 6.45) is 4.99. The largest absolute Gasteiger partial charge is 0.371 e. The first-order chi connectivity index (χ1) is 8.93. The molecule has 1 aromatic rings. The molecule has 0 radical (unpaired) electrons. The van der Waals surface area contributed by atoms with Crippen LogP contribution in [0.25, 0.3) is 0 Å². The lowest BCUT2D eigenvalue weighted by Gasteiger charge is -2.40. The predicted octanol–water partition coefficient (Wildman–Crippen LogP) is 5.13. The molecular formula is C16H23BrFN. The third kappa shape index (κ3) is 3.50. The van der Waals surface area contributed by atoms with Crippen molar-refractivity contribution < 1.29 is 4.39 Å². The van der Waals surface area contributed by atoms with Gasteiger partial charge in [-0.15, -0.1) is 0 Å². The van der Waals surface area contributed by atoms with Gasteiger partial charge in [0, 0.05) is 24.1 Å². The van der Waals surface area contributed by atoms with Crippen LogP contribution in [0.1, 0.15) is 45.1 Å². The Morgan fingerprint density at radius 3 is 2.53 bits per heavy atom. The van der Waals surface area contributed by atoms with Crippen molar-refractivity contribution in [2.75, 3.05) is 11.9 Å². The lowest BCUT2D eigenvalue weighted by molar-refractivity contribution is 0.222. The molecule has 1 saturated carbocycles. The highest BCUT2D eigenvalue weighted by atomic mass is 79.9. The Morgan fingerprint density at radius 1 is 1.32 bits per heavy atom. The molecular weight excluding hydrogens is 305 g/mol. The number of nitrogens with zero attached hydrogens (tertiary/aromatic N) is 1. The molecule has 1 aliphatic carbocycles. The molecule has 19 heavy (non-hydrogen) atoms. The van der Waals surface area contributed by atoms with Crippen molar-refractivity contribution in [2.45, 2.75) is 50.9 Å². The van der Waals surface area contributed by atoms with Gasteiger partial charge in [0.05, 0.1) is 0 Å². The average Bonchev–Trinajstić information content (AvgIpc) is 2.37. The smallest absolute Gasteiger partial charge is 0.123 e. The first-order valence-corrected chi connectivity index (χ1v) is 8.12. The third-order valence-corrected chi connectivity index (χ3v) is 5.03. The molecule has 0 atom stereocenters. The van der Waals surface area contributed by atoms with Gasteiger partial charge in [0.1, 0.15) is 5.82 Å². The molecule has 1 aliphatic rings. The SMILES string of the molecule is CN(c1ccc(F)cc1CBr)C1CCC(C)(C)CC1. The topological polar surface area (TPSA) is 3.24 Å². The van der Waals surface area contributed by atoms with Gasteiger partial charge in [-0.05, 0) is 54.9 Å². The second-order valence-corrected chi connectivity index (χ2v) is 6.97. The first kappa shape index (κ1) is 14.8. The van der Waals surface area contributed by atoms with Crippen molar-refractivity contribution in [3.05, 3.63) is 29.6 Å². The standard InChI is InChI=1S/C16H23BrFN/c1-16(2)8-6-14(7-9-16)19(3)15-5-4-13(18)10-12(15)11-17/h4-5,10,14H,6-9,11H2,1-3H3. The Labute approximate surface area is 124 Å². The summed E-state index contributed by atoms with van der Waals surface area (Å²) in [5, 5.41) is 0.697. The van der Waals surface area contributed by atoms with Crippen LogP contribution in [0.3, 0.4) is 0 Å². The van der Waals surface area contributed by atoms with Gasteiger partial charge in [-0.25, -0.2) is 4.39 Å². The molecule has 2 rings (SSSR count).